The lowest BCUT2D eigenvalue weighted by Gasteiger charge is -2.21. The topological polar surface area (TPSA) is 63.4 Å². The predicted molar refractivity (Wildman–Crippen MR) is 78.7 cm³/mol. The van der Waals surface area contributed by atoms with E-state index in [1.165, 1.54) is 4.90 Å². The predicted octanol–water partition coefficient (Wildman–Crippen LogP) is 2.36. The number of unbranched alkanes of at least 4 members (excludes halogenated alkanes) is 1. The summed E-state index contributed by atoms with van der Waals surface area (Å²) in [6.45, 7) is 2.38. The van der Waals surface area contributed by atoms with E-state index in [1.807, 2.05) is 6.92 Å². The smallest absolute Gasteiger partial charge is 0.255 e. The molecule has 0 fully saturated rings. The minimum atomic E-state index is -0.539. The highest BCUT2D eigenvalue weighted by Gasteiger charge is 2.19. The molecule has 0 atom stereocenters. The van der Waals surface area contributed by atoms with E-state index in [4.69, 9.17) is 17.3 Å². The van der Waals surface area contributed by atoms with Crippen LogP contribution in [0.15, 0.2) is 23.1 Å². The van der Waals surface area contributed by atoms with Crippen LogP contribution in [0.5, 0.6) is 0 Å². The van der Waals surface area contributed by atoms with Crippen molar-refractivity contribution in [3.05, 3.63) is 28.8 Å². The van der Waals surface area contributed by atoms with Crippen molar-refractivity contribution >= 4 is 36.0 Å². The van der Waals surface area contributed by atoms with Crippen LogP contribution in [-0.2, 0) is 4.79 Å². The van der Waals surface area contributed by atoms with E-state index in [9.17, 15) is 9.59 Å². The number of hydrogen-bond donors (Lipinski definition) is 2. The van der Waals surface area contributed by atoms with Gasteiger partial charge in [-0.1, -0.05) is 24.9 Å². The average Bonchev–Trinajstić information content (AvgIpc) is 2.36. The molecular weight excluding hydrogens is 284 g/mol. The van der Waals surface area contributed by atoms with Crippen LogP contribution in [0.25, 0.3) is 0 Å². The standard InChI is InChI=1S/C13H17ClN2O2S/c1-2-3-6-16(8-12(15)17)13(18)10-7-9(19)4-5-11(10)14/h4-5,7,19H,2-3,6,8H2,1H3,(H2,15,17). The van der Waals surface area contributed by atoms with Crippen molar-refractivity contribution < 1.29 is 9.59 Å². The highest BCUT2D eigenvalue weighted by molar-refractivity contribution is 7.80. The molecule has 0 bridgehead atoms. The first kappa shape index (κ1) is 15.9. The van der Waals surface area contributed by atoms with Crippen LogP contribution in [0.3, 0.4) is 0 Å². The van der Waals surface area contributed by atoms with Gasteiger partial charge in [-0.2, -0.15) is 0 Å². The maximum absolute atomic E-state index is 12.4. The van der Waals surface area contributed by atoms with E-state index in [0.717, 1.165) is 12.8 Å². The zero-order chi connectivity index (χ0) is 14.4. The van der Waals surface area contributed by atoms with Crippen LogP contribution >= 0.6 is 24.2 Å². The first-order valence-electron chi connectivity index (χ1n) is 6.01. The Hall–Kier alpha value is -1.20. The minimum Gasteiger partial charge on any atom is -0.368 e. The van der Waals surface area contributed by atoms with E-state index in [2.05, 4.69) is 12.6 Å². The lowest BCUT2D eigenvalue weighted by molar-refractivity contribution is -0.118. The molecule has 1 aromatic carbocycles. The number of carbonyl (C=O) groups is 2. The lowest BCUT2D eigenvalue weighted by Crippen LogP contribution is -2.39. The molecule has 6 heteroatoms. The van der Waals surface area contributed by atoms with Crippen molar-refractivity contribution in [1.29, 1.82) is 0 Å². The average molecular weight is 301 g/mol. The molecule has 0 unspecified atom stereocenters. The molecule has 19 heavy (non-hydrogen) atoms. The van der Waals surface area contributed by atoms with Gasteiger partial charge in [0.15, 0.2) is 0 Å². The first-order chi connectivity index (χ1) is 8.95. The second-order valence-electron chi connectivity index (χ2n) is 4.21. The molecule has 1 rings (SSSR count). The SMILES string of the molecule is CCCCN(CC(N)=O)C(=O)c1cc(S)ccc1Cl. The Kier molecular flexibility index (Phi) is 6.18. The highest BCUT2D eigenvalue weighted by Crippen LogP contribution is 2.21. The molecule has 0 heterocycles. The van der Waals surface area contributed by atoms with Crippen molar-refractivity contribution in [1.82, 2.24) is 4.90 Å². The summed E-state index contributed by atoms with van der Waals surface area (Å²) < 4.78 is 0. The van der Waals surface area contributed by atoms with Gasteiger partial charge in [-0.3, -0.25) is 9.59 Å². The molecule has 0 aromatic heterocycles. The summed E-state index contributed by atoms with van der Waals surface area (Å²) in [4.78, 5) is 25.5. The number of thiol groups is 1. The number of halogens is 1. The van der Waals surface area contributed by atoms with Gasteiger partial charge in [-0.05, 0) is 24.6 Å². The van der Waals surface area contributed by atoms with Crippen molar-refractivity contribution in [3.8, 4) is 0 Å². The third kappa shape index (κ3) is 4.76. The van der Waals surface area contributed by atoms with Crippen molar-refractivity contribution in [2.45, 2.75) is 24.7 Å². The lowest BCUT2D eigenvalue weighted by atomic mass is 10.2. The highest BCUT2D eigenvalue weighted by atomic mass is 35.5. The molecule has 0 radical (unpaired) electrons. The molecule has 2 amide bonds. The Balaban J connectivity index is 2.97. The zero-order valence-electron chi connectivity index (χ0n) is 10.7. The van der Waals surface area contributed by atoms with Gasteiger partial charge in [0.25, 0.3) is 5.91 Å². The molecular formula is C13H17ClN2O2S. The Bertz CT molecular complexity index is 480. The first-order valence-corrected chi connectivity index (χ1v) is 6.84. The molecule has 2 N–H and O–H groups in total. The van der Waals surface area contributed by atoms with Gasteiger partial charge >= 0.3 is 0 Å². The number of primary amides is 1. The molecule has 104 valence electrons. The fraction of sp³-hybridized carbons (Fsp3) is 0.385. The summed E-state index contributed by atoms with van der Waals surface area (Å²) >= 11 is 10.2. The van der Waals surface area contributed by atoms with Gasteiger partial charge in [0.2, 0.25) is 5.91 Å². The van der Waals surface area contributed by atoms with Crippen LogP contribution in [0.4, 0.5) is 0 Å². The van der Waals surface area contributed by atoms with Gasteiger partial charge < -0.3 is 10.6 Å². The Morgan fingerprint density at radius 2 is 2.11 bits per heavy atom. The third-order valence-corrected chi connectivity index (χ3v) is 3.20. The van der Waals surface area contributed by atoms with Gasteiger partial charge in [-0.25, -0.2) is 0 Å². The van der Waals surface area contributed by atoms with E-state index in [1.54, 1.807) is 18.2 Å². The van der Waals surface area contributed by atoms with Gasteiger partial charge in [-0.15, -0.1) is 12.6 Å². The van der Waals surface area contributed by atoms with Gasteiger partial charge in [0, 0.05) is 11.4 Å². The molecule has 0 aliphatic carbocycles. The number of benzene rings is 1. The largest absolute Gasteiger partial charge is 0.368 e. The van der Waals surface area contributed by atoms with Crippen molar-refractivity contribution in [2.75, 3.05) is 13.1 Å². The van der Waals surface area contributed by atoms with Gasteiger partial charge in [0.1, 0.15) is 0 Å². The molecule has 4 nitrogen and oxygen atoms in total. The van der Waals surface area contributed by atoms with E-state index >= 15 is 0 Å². The molecule has 0 saturated carbocycles. The molecule has 0 spiro atoms. The normalized spacial score (nSPS) is 10.3. The maximum Gasteiger partial charge on any atom is 0.255 e. The quantitative estimate of drug-likeness (QED) is 0.792. The molecule has 0 saturated heterocycles. The monoisotopic (exact) mass is 300 g/mol. The summed E-state index contributed by atoms with van der Waals surface area (Å²) in [6, 6.07) is 4.90. The minimum absolute atomic E-state index is 0.105. The summed E-state index contributed by atoms with van der Waals surface area (Å²) in [6.07, 6.45) is 1.72. The van der Waals surface area contributed by atoms with E-state index < -0.39 is 5.91 Å². The van der Waals surface area contributed by atoms with E-state index in [-0.39, 0.29) is 12.5 Å². The molecule has 1 aromatic rings. The number of nitrogens with zero attached hydrogens (tertiary/aromatic N) is 1. The fourth-order valence-electron chi connectivity index (χ4n) is 1.64. The number of amides is 2. The number of hydrogen-bond acceptors (Lipinski definition) is 3. The fourth-order valence-corrected chi connectivity index (χ4v) is 2.04. The van der Waals surface area contributed by atoms with Crippen molar-refractivity contribution in [3.63, 3.8) is 0 Å². The Morgan fingerprint density at radius 1 is 1.42 bits per heavy atom. The zero-order valence-corrected chi connectivity index (χ0v) is 12.4. The number of nitrogens with two attached hydrogens (primary N) is 1. The van der Waals surface area contributed by atoms with Crippen LogP contribution in [0.1, 0.15) is 30.1 Å². The summed E-state index contributed by atoms with van der Waals surface area (Å²) in [5.74, 6) is -0.837. The Labute approximate surface area is 123 Å². The van der Waals surface area contributed by atoms with Crippen molar-refractivity contribution in [2.24, 2.45) is 5.73 Å². The molecule has 0 aliphatic rings. The second kappa shape index (κ2) is 7.40. The van der Waals surface area contributed by atoms with E-state index in [0.29, 0.717) is 22.0 Å². The van der Waals surface area contributed by atoms with Crippen LogP contribution in [0.2, 0.25) is 5.02 Å². The van der Waals surface area contributed by atoms with Crippen LogP contribution in [0, 0.1) is 0 Å². The van der Waals surface area contributed by atoms with Gasteiger partial charge in [0.05, 0.1) is 17.1 Å². The number of carbonyl (C=O) groups excluding carboxylic acids is 2. The van der Waals surface area contributed by atoms with Crippen LogP contribution < -0.4 is 5.73 Å². The summed E-state index contributed by atoms with van der Waals surface area (Å²) in [7, 11) is 0. The summed E-state index contributed by atoms with van der Waals surface area (Å²) in [5.41, 5.74) is 5.51. The second-order valence-corrected chi connectivity index (χ2v) is 5.13. The number of rotatable bonds is 6. The summed E-state index contributed by atoms with van der Waals surface area (Å²) in [5, 5.41) is 0.341. The Morgan fingerprint density at radius 3 is 2.68 bits per heavy atom. The maximum atomic E-state index is 12.4. The van der Waals surface area contributed by atoms with Crippen LogP contribution in [-0.4, -0.2) is 29.8 Å². The molecule has 0 aliphatic heterocycles. The third-order valence-electron chi connectivity index (χ3n) is 2.60.